The van der Waals surface area contributed by atoms with E-state index >= 15 is 0 Å². The van der Waals surface area contributed by atoms with Gasteiger partial charge in [-0.2, -0.15) is 0 Å². The molecule has 0 saturated carbocycles. The van der Waals surface area contributed by atoms with Crippen molar-refractivity contribution in [3.05, 3.63) is 90.5 Å². The second-order valence-electron chi connectivity index (χ2n) is 12.6. The molecule has 0 aliphatic carbocycles. The second kappa shape index (κ2) is 14.6. The topological polar surface area (TPSA) is 125 Å². The first-order chi connectivity index (χ1) is 22.7. The summed E-state index contributed by atoms with van der Waals surface area (Å²) in [6.45, 7) is 11.7. The Kier molecular flexibility index (Phi) is 10.6. The quantitative estimate of drug-likeness (QED) is 0.223. The SMILES string of the molecule is C=CCCC(=O)NC[C@@H](OC(=O)[C@@H]1[C@H]2C(=O)N(CCCO)[C@H](C(=O)N(CC=C)c3c(C)cccc3C)[C@]23CC[C@H]1O3)c1ccccc1. The highest BCUT2D eigenvalue weighted by Crippen LogP contribution is 2.59. The molecule has 3 saturated heterocycles. The van der Waals surface area contributed by atoms with Gasteiger partial charge in [0.25, 0.3) is 5.91 Å². The molecule has 2 bridgehead atoms. The first-order valence-electron chi connectivity index (χ1n) is 16.4. The number of aliphatic hydroxyl groups is 1. The fourth-order valence-electron chi connectivity index (χ4n) is 7.62. The van der Waals surface area contributed by atoms with Crippen LogP contribution in [0.4, 0.5) is 5.69 Å². The lowest BCUT2D eigenvalue weighted by atomic mass is 9.70. The molecule has 10 nitrogen and oxygen atoms in total. The fourth-order valence-corrected chi connectivity index (χ4v) is 7.62. The van der Waals surface area contributed by atoms with Crippen molar-refractivity contribution in [3.8, 4) is 0 Å². The number of hydrogen-bond donors (Lipinski definition) is 2. The van der Waals surface area contributed by atoms with Crippen LogP contribution in [0.15, 0.2) is 73.8 Å². The molecule has 1 spiro atoms. The van der Waals surface area contributed by atoms with Crippen LogP contribution in [0.5, 0.6) is 0 Å². The van der Waals surface area contributed by atoms with Gasteiger partial charge in [0.2, 0.25) is 11.8 Å². The molecule has 0 unspecified atom stereocenters. The number of nitrogens with zero attached hydrogens (tertiary/aromatic N) is 2. The van der Waals surface area contributed by atoms with Crippen LogP contribution in [0, 0.1) is 25.7 Å². The van der Waals surface area contributed by atoms with Crippen LogP contribution in [0.25, 0.3) is 0 Å². The molecule has 0 aromatic heterocycles. The molecule has 2 aromatic rings. The number of carbonyl (C=O) groups is 4. The molecule has 6 atom stereocenters. The minimum Gasteiger partial charge on any atom is -0.455 e. The number of aryl methyl sites for hydroxylation is 2. The summed E-state index contributed by atoms with van der Waals surface area (Å²) in [5.41, 5.74) is 2.03. The lowest BCUT2D eigenvalue weighted by Crippen LogP contribution is -2.56. The molecule has 3 amide bonds. The molecule has 3 aliphatic heterocycles. The maximum Gasteiger partial charge on any atom is 0.313 e. The second-order valence-corrected chi connectivity index (χ2v) is 12.6. The summed E-state index contributed by atoms with van der Waals surface area (Å²) in [4.78, 5) is 58.7. The lowest BCUT2D eigenvalue weighted by molar-refractivity contribution is -0.160. The van der Waals surface area contributed by atoms with E-state index in [-0.39, 0.29) is 56.8 Å². The zero-order chi connectivity index (χ0) is 33.7. The molecule has 3 fully saturated rings. The van der Waals surface area contributed by atoms with Crippen molar-refractivity contribution in [2.24, 2.45) is 11.8 Å². The molecule has 250 valence electrons. The zero-order valence-corrected chi connectivity index (χ0v) is 27.2. The summed E-state index contributed by atoms with van der Waals surface area (Å²) in [6.07, 6.45) is 3.90. The molecular formula is C37H45N3O7. The van der Waals surface area contributed by atoms with E-state index in [1.165, 1.54) is 4.90 Å². The number of esters is 1. The van der Waals surface area contributed by atoms with E-state index in [0.717, 1.165) is 16.8 Å². The van der Waals surface area contributed by atoms with Gasteiger partial charge in [-0.3, -0.25) is 19.2 Å². The van der Waals surface area contributed by atoms with Crippen LogP contribution >= 0.6 is 0 Å². The van der Waals surface area contributed by atoms with E-state index in [4.69, 9.17) is 9.47 Å². The van der Waals surface area contributed by atoms with Gasteiger partial charge in [-0.15, -0.1) is 13.2 Å². The first-order valence-corrected chi connectivity index (χ1v) is 16.4. The normalized spacial score (nSPS) is 24.8. The Morgan fingerprint density at radius 2 is 1.85 bits per heavy atom. The van der Waals surface area contributed by atoms with Gasteiger partial charge < -0.3 is 29.7 Å². The minimum atomic E-state index is -1.23. The summed E-state index contributed by atoms with van der Waals surface area (Å²) >= 11 is 0. The van der Waals surface area contributed by atoms with Crippen LogP contribution in [0.2, 0.25) is 0 Å². The number of fused-ring (bicyclic) bond motifs is 1. The van der Waals surface area contributed by atoms with E-state index < -0.39 is 41.7 Å². The Bertz CT molecular complexity index is 1490. The number of benzene rings is 2. The summed E-state index contributed by atoms with van der Waals surface area (Å²) in [5.74, 6) is -3.31. The lowest BCUT2D eigenvalue weighted by Gasteiger charge is -2.37. The van der Waals surface area contributed by atoms with Crippen molar-refractivity contribution in [3.63, 3.8) is 0 Å². The van der Waals surface area contributed by atoms with Gasteiger partial charge >= 0.3 is 5.97 Å². The molecule has 0 radical (unpaired) electrons. The Labute approximate surface area is 276 Å². The fraction of sp³-hybridized carbons (Fsp3) is 0.459. The number of rotatable bonds is 15. The van der Waals surface area contributed by atoms with E-state index in [2.05, 4.69) is 18.5 Å². The maximum absolute atomic E-state index is 14.7. The number of nitrogens with one attached hydrogen (secondary N) is 1. The van der Waals surface area contributed by atoms with E-state index in [9.17, 15) is 24.3 Å². The summed E-state index contributed by atoms with van der Waals surface area (Å²) in [7, 11) is 0. The molecule has 3 heterocycles. The summed E-state index contributed by atoms with van der Waals surface area (Å²) in [5, 5.41) is 12.6. The van der Waals surface area contributed by atoms with Crippen molar-refractivity contribution in [1.82, 2.24) is 10.2 Å². The highest BCUT2D eigenvalue weighted by atomic mass is 16.6. The molecular weight excluding hydrogens is 598 g/mol. The van der Waals surface area contributed by atoms with E-state index in [0.29, 0.717) is 24.8 Å². The zero-order valence-electron chi connectivity index (χ0n) is 27.2. The monoisotopic (exact) mass is 643 g/mol. The number of ether oxygens (including phenoxy) is 2. The highest BCUT2D eigenvalue weighted by Gasteiger charge is 2.75. The van der Waals surface area contributed by atoms with Gasteiger partial charge in [0.1, 0.15) is 17.7 Å². The summed E-state index contributed by atoms with van der Waals surface area (Å²) < 4.78 is 12.7. The third-order valence-corrected chi connectivity index (χ3v) is 9.64. The Hall–Kier alpha value is -4.28. The first kappa shape index (κ1) is 34.1. The average molecular weight is 644 g/mol. The van der Waals surface area contributed by atoms with Crippen LogP contribution in [-0.2, 0) is 28.7 Å². The van der Waals surface area contributed by atoms with Crippen molar-refractivity contribution in [1.29, 1.82) is 0 Å². The summed E-state index contributed by atoms with van der Waals surface area (Å²) in [6, 6.07) is 13.9. The molecule has 47 heavy (non-hydrogen) atoms. The van der Waals surface area contributed by atoms with Gasteiger partial charge in [0.15, 0.2) is 0 Å². The number of likely N-dealkylation sites (tertiary alicyclic amines) is 1. The third-order valence-electron chi connectivity index (χ3n) is 9.64. The molecule has 5 rings (SSSR count). The maximum atomic E-state index is 14.7. The Balaban J connectivity index is 1.46. The highest BCUT2D eigenvalue weighted by molar-refractivity contribution is 6.05. The van der Waals surface area contributed by atoms with Crippen molar-refractivity contribution < 1.29 is 33.8 Å². The van der Waals surface area contributed by atoms with E-state index in [1.807, 2.05) is 62.4 Å². The standard InChI is InChI=1S/C37H45N3O7/c1-5-7-17-29(42)38-23-28(26-15-9-8-10-16-26)46-36(45)30-27-18-19-37(47-27)31(30)34(43)40(21-12-22-41)33(37)35(44)39(20-6-2)32-24(3)13-11-14-25(32)4/h5-6,8-11,13-16,27-28,30-31,33,41H,1-2,7,12,17-23H2,3-4H3,(H,38,42)/t27-,28-,30+,31+,33-,37+/m1/s1. The number of anilines is 1. The number of amides is 3. The van der Waals surface area contributed by atoms with Crippen molar-refractivity contribution >= 4 is 29.4 Å². The van der Waals surface area contributed by atoms with Gasteiger partial charge in [0, 0.05) is 31.8 Å². The van der Waals surface area contributed by atoms with Gasteiger partial charge in [-0.05, 0) is 56.2 Å². The number of para-hydroxylation sites is 1. The Morgan fingerprint density at radius 3 is 2.51 bits per heavy atom. The predicted octanol–water partition coefficient (Wildman–Crippen LogP) is 3.95. The molecule has 2 aromatic carbocycles. The smallest absolute Gasteiger partial charge is 0.313 e. The number of aliphatic hydroxyl groups excluding tert-OH is 1. The van der Waals surface area contributed by atoms with Crippen molar-refractivity contribution in [2.75, 3.05) is 31.1 Å². The largest absolute Gasteiger partial charge is 0.455 e. The Morgan fingerprint density at radius 1 is 1.13 bits per heavy atom. The van der Waals surface area contributed by atoms with E-state index in [1.54, 1.807) is 17.1 Å². The van der Waals surface area contributed by atoms with Gasteiger partial charge in [-0.25, -0.2) is 0 Å². The van der Waals surface area contributed by atoms with Gasteiger partial charge in [-0.1, -0.05) is 60.7 Å². The van der Waals surface area contributed by atoms with Crippen LogP contribution in [-0.4, -0.2) is 77.7 Å². The van der Waals surface area contributed by atoms with Crippen LogP contribution in [0.3, 0.4) is 0 Å². The van der Waals surface area contributed by atoms with Gasteiger partial charge in [0.05, 0.1) is 24.5 Å². The average Bonchev–Trinajstić information content (AvgIpc) is 3.71. The molecule has 10 heteroatoms. The molecule has 2 N–H and O–H groups in total. The van der Waals surface area contributed by atoms with Crippen molar-refractivity contribution in [2.45, 2.75) is 69.8 Å². The number of allylic oxidation sites excluding steroid dienone is 1. The number of hydrogen-bond acceptors (Lipinski definition) is 7. The predicted molar refractivity (Wildman–Crippen MR) is 177 cm³/mol. The van der Waals surface area contributed by atoms with Crippen LogP contribution < -0.4 is 10.2 Å². The molecule has 3 aliphatic rings. The number of carbonyl (C=O) groups excluding carboxylic acids is 4. The third kappa shape index (κ3) is 6.49. The van der Waals surface area contributed by atoms with Crippen LogP contribution in [0.1, 0.15) is 54.9 Å². The minimum absolute atomic E-state index is 0.0593.